The van der Waals surface area contributed by atoms with E-state index in [1.54, 1.807) is 0 Å². The van der Waals surface area contributed by atoms with Gasteiger partial charge in [-0.25, -0.2) is 0 Å². The van der Waals surface area contributed by atoms with Crippen molar-refractivity contribution in [3.8, 4) is 5.75 Å². The number of anilines is 1. The van der Waals surface area contributed by atoms with Gasteiger partial charge in [-0.1, -0.05) is 15.9 Å². The lowest BCUT2D eigenvalue weighted by molar-refractivity contribution is -0.274. The maximum atomic E-state index is 12.3. The zero-order valence-corrected chi connectivity index (χ0v) is 10.9. The number of halogens is 4. The Hall–Kier alpha value is -1.57. The van der Waals surface area contributed by atoms with Crippen LogP contribution in [-0.4, -0.2) is 24.6 Å². The monoisotopic (exact) mass is 337 g/mol. The minimum Gasteiger partial charge on any atom is -0.404 e. The molecule has 4 nitrogen and oxygen atoms in total. The molecule has 2 rings (SSSR count). The molecular formula is C11H7BrF3NO3. The topological polar surface area (TPSA) is 46.6 Å². The summed E-state index contributed by atoms with van der Waals surface area (Å²) in [4.78, 5) is 23.7. The standard InChI is InChI=1S/C11H7BrF3NO3/c12-6-1-2-8(9(3-6)19-11(13,14)15)16-5-7(17)4-10(16)18/h1-3H,4-5H2. The van der Waals surface area contributed by atoms with Crippen LogP contribution in [0.5, 0.6) is 5.75 Å². The molecule has 1 aliphatic rings. The third-order valence-electron chi connectivity index (χ3n) is 2.42. The van der Waals surface area contributed by atoms with Crippen molar-refractivity contribution in [3.63, 3.8) is 0 Å². The van der Waals surface area contributed by atoms with Crippen molar-refractivity contribution in [2.75, 3.05) is 11.4 Å². The summed E-state index contributed by atoms with van der Waals surface area (Å²) in [6.45, 7) is -0.241. The molecular weight excluding hydrogens is 331 g/mol. The van der Waals surface area contributed by atoms with Crippen LogP contribution in [0.2, 0.25) is 0 Å². The van der Waals surface area contributed by atoms with E-state index in [4.69, 9.17) is 0 Å². The predicted octanol–water partition coefficient (Wildman–Crippen LogP) is 2.65. The van der Waals surface area contributed by atoms with Crippen molar-refractivity contribution < 1.29 is 27.5 Å². The molecule has 0 saturated carbocycles. The number of hydrogen-bond donors (Lipinski definition) is 0. The summed E-state index contributed by atoms with van der Waals surface area (Å²) in [5, 5.41) is 0. The quantitative estimate of drug-likeness (QED) is 0.779. The molecule has 0 aliphatic carbocycles. The number of rotatable bonds is 2. The summed E-state index contributed by atoms with van der Waals surface area (Å²) < 4.78 is 41.2. The van der Waals surface area contributed by atoms with Gasteiger partial charge in [-0.2, -0.15) is 0 Å². The van der Waals surface area contributed by atoms with Crippen LogP contribution < -0.4 is 9.64 Å². The highest BCUT2D eigenvalue weighted by Gasteiger charge is 2.35. The maximum absolute atomic E-state index is 12.3. The number of nitrogens with zero attached hydrogens (tertiary/aromatic N) is 1. The lowest BCUT2D eigenvalue weighted by Gasteiger charge is -2.20. The lowest BCUT2D eigenvalue weighted by Crippen LogP contribution is -2.26. The minimum atomic E-state index is -4.87. The number of Topliss-reactive ketones (excluding diaryl/α,β-unsaturated/α-hetero) is 1. The van der Waals surface area contributed by atoms with E-state index < -0.39 is 18.0 Å². The third-order valence-corrected chi connectivity index (χ3v) is 2.92. The van der Waals surface area contributed by atoms with Gasteiger partial charge in [-0.15, -0.1) is 13.2 Å². The first-order valence-electron chi connectivity index (χ1n) is 5.13. The summed E-state index contributed by atoms with van der Waals surface area (Å²) in [7, 11) is 0. The minimum absolute atomic E-state index is 0.0728. The molecule has 1 aromatic rings. The van der Waals surface area contributed by atoms with E-state index in [1.165, 1.54) is 12.1 Å². The van der Waals surface area contributed by atoms with Crippen molar-refractivity contribution in [1.82, 2.24) is 0 Å². The first-order chi connectivity index (χ1) is 8.76. The molecule has 0 aromatic heterocycles. The molecule has 19 heavy (non-hydrogen) atoms. The number of carbonyl (C=O) groups is 2. The average molecular weight is 338 g/mol. The van der Waals surface area contributed by atoms with Gasteiger partial charge in [0.2, 0.25) is 5.91 Å². The highest BCUT2D eigenvalue weighted by atomic mass is 79.9. The van der Waals surface area contributed by atoms with Gasteiger partial charge < -0.3 is 9.64 Å². The molecule has 1 amide bonds. The molecule has 1 saturated heterocycles. The molecule has 8 heteroatoms. The molecule has 0 spiro atoms. The van der Waals surface area contributed by atoms with E-state index >= 15 is 0 Å². The second kappa shape index (κ2) is 4.84. The fraction of sp³-hybridized carbons (Fsp3) is 0.273. The van der Waals surface area contributed by atoms with Gasteiger partial charge in [-0.05, 0) is 18.2 Å². The van der Waals surface area contributed by atoms with Crippen molar-refractivity contribution in [3.05, 3.63) is 22.7 Å². The van der Waals surface area contributed by atoms with Gasteiger partial charge in [0, 0.05) is 4.47 Å². The van der Waals surface area contributed by atoms with Crippen molar-refractivity contribution in [2.24, 2.45) is 0 Å². The lowest BCUT2D eigenvalue weighted by atomic mass is 10.2. The van der Waals surface area contributed by atoms with Gasteiger partial charge in [0.25, 0.3) is 0 Å². The SMILES string of the molecule is O=C1CC(=O)N(c2ccc(Br)cc2OC(F)(F)F)C1. The highest BCUT2D eigenvalue weighted by molar-refractivity contribution is 9.10. The molecule has 0 atom stereocenters. The molecule has 102 valence electrons. The van der Waals surface area contributed by atoms with Crippen molar-refractivity contribution in [1.29, 1.82) is 0 Å². The number of amides is 1. The molecule has 0 N–H and O–H groups in total. The summed E-state index contributed by atoms with van der Waals surface area (Å²) in [6, 6.07) is 3.86. The third kappa shape index (κ3) is 3.25. The molecule has 1 fully saturated rings. The van der Waals surface area contributed by atoms with Crippen LogP contribution in [0.15, 0.2) is 22.7 Å². The second-order valence-corrected chi connectivity index (χ2v) is 4.77. The molecule has 0 unspecified atom stereocenters. The van der Waals surface area contributed by atoms with Crippen molar-refractivity contribution >= 4 is 33.3 Å². The average Bonchev–Trinajstić information content (AvgIpc) is 2.55. The molecule has 0 radical (unpaired) electrons. The Morgan fingerprint density at radius 3 is 2.47 bits per heavy atom. The number of carbonyl (C=O) groups excluding carboxylic acids is 2. The van der Waals surface area contributed by atoms with Crippen LogP contribution in [-0.2, 0) is 9.59 Å². The van der Waals surface area contributed by atoms with E-state index in [0.29, 0.717) is 4.47 Å². The van der Waals surface area contributed by atoms with Crippen LogP contribution in [0, 0.1) is 0 Å². The normalized spacial score (nSPS) is 16.1. The Labute approximate surface area is 114 Å². The molecule has 1 aromatic carbocycles. The van der Waals surface area contributed by atoms with E-state index in [-0.39, 0.29) is 24.4 Å². The number of ether oxygens (including phenoxy) is 1. The van der Waals surface area contributed by atoms with Crippen LogP contribution in [0.25, 0.3) is 0 Å². The number of alkyl halides is 3. The zero-order chi connectivity index (χ0) is 14.2. The van der Waals surface area contributed by atoms with Crippen molar-refractivity contribution in [2.45, 2.75) is 12.8 Å². The van der Waals surface area contributed by atoms with Gasteiger partial charge >= 0.3 is 6.36 Å². The highest BCUT2D eigenvalue weighted by Crippen LogP contribution is 2.36. The van der Waals surface area contributed by atoms with E-state index in [1.807, 2.05) is 0 Å². The summed E-state index contributed by atoms with van der Waals surface area (Å²) in [6.07, 6.45) is -5.18. The Bertz CT molecular complexity index is 544. The van der Waals surface area contributed by atoms with Gasteiger partial charge in [0.15, 0.2) is 11.5 Å². The number of ketones is 1. The first-order valence-corrected chi connectivity index (χ1v) is 5.93. The Kier molecular flexibility index (Phi) is 3.53. The number of benzene rings is 1. The fourth-order valence-corrected chi connectivity index (χ4v) is 2.06. The van der Waals surface area contributed by atoms with Gasteiger partial charge in [-0.3, -0.25) is 9.59 Å². The largest absolute Gasteiger partial charge is 0.573 e. The Morgan fingerprint density at radius 1 is 1.26 bits per heavy atom. The number of hydrogen-bond acceptors (Lipinski definition) is 3. The molecule has 1 aliphatic heterocycles. The van der Waals surface area contributed by atoms with Crippen LogP contribution in [0.4, 0.5) is 18.9 Å². The fourth-order valence-electron chi connectivity index (χ4n) is 1.72. The first kappa shape index (κ1) is 13.9. The van der Waals surface area contributed by atoms with Gasteiger partial charge in [0.1, 0.15) is 0 Å². The zero-order valence-electron chi connectivity index (χ0n) is 9.33. The summed E-state index contributed by atoms with van der Waals surface area (Å²) in [5.74, 6) is -1.41. The second-order valence-electron chi connectivity index (χ2n) is 3.86. The smallest absolute Gasteiger partial charge is 0.404 e. The Balaban J connectivity index is 2.39. The van der Waals surface area contributed by atoms with Crippen LogP contribution >= 0.6 is 15.9 Å². The molecule has 0 bridgehead atoms. The van der Waals surface area contributed by atoms with Crippen LogP contribution in [0.3, 0.4) is 0 Å². The van der Waals surface area contributed by atoms with E-state index in [2.05, 4.69) is 20.7 Å². The summed E-state index contributed by atoms with van der Waals surface area (Å²) >= 11 is 3.02. The maximum Gasteiger partial charge on any atom is 0.573 e. The van der Waals surface area contributed by atoms with E-state index in [9.17, 15) is 22.8 Å². The van der Waals surface area contributed by atoms with Gasteiger partial charge in [0.05, 0.1) is 18.7 Å². The Morgan fingerprint density at radius 2 is 1.95 bits per heavy atom. The predicted molar refractivity (Wildman–Crippen MR) is 62.8 cm³/mol. The van der Waals surface area contributed by atoms with E-state index in [0.717, 1.165) is 11.0 Å². The van der Waals surface area contributed by atoms with Crippen LogP contribution in [0.1, 0.15) is 6.42 Å². The summed E-state index contributed by atoms with van der Waals surface area (Å²) in [5.41, 5.74) is -0.0728. The molecule has 1 heterocycles.